The minimum Gasteiger partial charge on any atom is -0.388 e. The quantitative estimate of drug-likeness (QED) is 0.731. The van der Waals surface area contributed by atoms with E-state index in [-0.39, 0.29) is 5.78 Å². The van der Waals surface area contributed by atoms with Crippen molar-refractivity contribution < 1.29 is 9.90 Å². The van der Waals surface area contributed by atoms with Gasteiger partial charge in [-0.15, -0.1) is 0 Å². The molecule has 0 saturated heterocycles. The maximum atomic E-state index is 11.6. The number of hydrogen-bond donors (Lipinski definition) is 1. The van der Waals surface area contributed by atoms with E-state index in [1.54, 1.807) is 0 Å². The predicted molar refractivity (Wildman–Crippen MR) is 54.9 cm³/mol. The van der Waals surface area contributed by atoms with Gasteiger partial charge in [0.25, 0.3) is 0 Å². The third-order valence-corrected chi connectivity index (χ3v) is 3.46. The number of carbonyl (C=O) groups excluding carboxylic acids is 1. The molecule has 0 spiro atoms. The molecule has 1 atom stereocenters. The van der Waals surface area contributed by atoms with E-state index in [2.05, 4.69) is 0 Å². The molecule has 2 nitrogen and oxygen atoms in total. The van der Waals surface area contributed by atoms with Gasteiger partial charge in [-0.1, -0.05) is 18.9 Å². The van der Waals surface area contributed by atoms with Crippen LogP contribution in [0.1, 0.15) is 44.9 Å². The van der Waals surface area contributed by atoms with Crippen LogP contribution in [0.25, 0.3) is 0 Å². The molecule has 0 unspecified atom stereocenters. The van der Waals surface area contributed by atoms with Crippen LogP contribution in [0.5, 0.6) is 0 Å². The number of hydrogen-bond acceptors (Lipinski definition) is 2. The molecule has 1 fully saturated rings. The molecule has 2 aliphatic carbocycles. The van der Waals surface area contributed by atoms with E-state index in [0.717, 1.165) is 25.7 Å². The SMILES string of the molecule is O=C1CCCC=C1[C@@H](O)C1CCCC1. The predicted octanol–water partition coefficient (Wildman–Crippen LogP) is 2.22. The third kappa shape index (κ3) is 1.90. The van der Waals surface area contributed by atoms with Crippen LogP contribution in [0.3, 0.4) is 0 Å². The Hall–Kier alpha value is -0.630. The second-order valence-electron chi connectivity index (χ2n) is 4.46. The Morgan fingerprint density at radius 2 is 2.00 bits per heavy atom. The first kappa shape index (κ1) is 9.91. The molecule has 0 aromatic rings. The summed E-state index contributed by atoms with van der Waals surface area (Å²) in [6.07, 6.45) is 8.64. The van der Waals surface area contributed by atoms with E-state index in [4.69, 9.17) is 0 Å². The number of rotatable bonds is 2. The highest BCUT2D eigenvalue weighted by atomic mass is 16.3. The second-order valence-corrected chi connectivity index (χ2v) is 4.46. The molecule has 0 bridgehead atoms. The maximum Gasteiger partial charge on any atom is 0.161 e. The minimum atomic E-state index is -0.467. The molecule has 0 radical (unpaired) electrons. The van der Waals surface area contributed by atoms with Gasteiger partial charge in [-0.2, -0.15) is 0 Å². The molecule has 2 heteroatoms. The molecule has 0 aromatic carbocycles. The Morgan fingerprint density at radius 1 is 1.29 bits per heavy atom. The first-order chi connectivity index (χ1) is 6.79. The summed E-state index contributed by atoms with van der Waals surface area (Å²) < 4.78 is 0. The van der Waals surface area contributed by atoms with Gasteiger partial charge in [0.05, 0.1) is 6.10 Å². The largest absolute Gasteiger partial charge is 0.388 e. The molecule has 0 aliphatic heterocycles. The highest BCUT2D eigenvalue weighted by molar-refractivity contribution is 5.96. The molecular weight excluding hydrogens is 176 g/mol. The zero-order valence-electron chi connectivity index (χ0n) is 8.54. The van der Waals surface area contributed by atoms with Gasteiger partial charge in [-0.25, -0.2) is 0 Å². The summed E-state index contributed by atoms with van der Waals surface area (Å²) in [6.45, 7) is 0. The Balaban J connectivity index is 2.05. The lowest BCUT2D eigenvalue weighted by Gasteiger charge is -2.22. The molecular formula is C12H18O2. The first-order valence-electron chi connectivity index (χ1n) is 5.70. The van der Waals surface area contributed by atoms with Crippen LogP contribution in [0.15, 0.2) is 11.6 Å². The van der Waals surface area contributed by atoms with Crippen molar-refractivity contribution in [1.82, 2.24) is 0 Å². The minimum absolute atomic E-state index is 0.177. The van der Waals surface area contributed by atoms with Gasteiger partial charge < -0.3 is 5.11 Å². The Morgan fingerprint density at radius 3 is 2.64 bits per heavy atom. The van der Waals surface area contributed by atoms with Crippen molar-refractivity contribution in [3.63, 3.8) is 0 Å². The van der Waals surface area contributed by atoms with Gasteiger partial charge in [0.2, 0.25) is 0 Å². The average molecular weight is 194 g/mol. The summed E-state index contributed by atoms with van der Waals surface area (Å²) in [5.41, 5.74) is 0.711. The second kappa shape index (κ2) is 4.26. The van der Waals surface area contributed by atoms with Gasteiger partial charge in [-0.3, -0.25) is 4.79 Å². The lowest BCUT2D eigenvalue weighted by molar-refractivity contribution is -0.117. The van der Waals surface area contributed by atoms with Crippen molar-refractivity contribution in [3.8, 4) is 0 Å². The van der Waals surface area contributed by atoms with E-state index < -0.39 is 6.10 Å². The van der Waals surface area contributed by atoms with Crippen LogP contribution in [-0.2, 0) is 4.79 Å². The van der Waals surface area contributed by atoms with Gasteiger partial charge in [0.1, 0.15) is 0 Å². The van der Waals surface area contributed by atoms with Crippen molar-refractivity contribution in [3.05, 3.63) is 11.6 Å². The Labute approximate surface area is 85.0 Å². The van der Waals surface area contributed by atoms with Gasteiger partial charge in [0.15, 0.2) is 5.78 Å². The number of aliphatic hydroxyl groups is 1. The van der Waals surface area contributed by atoms with Crippen LogP contribution < -0.4 is 0 Å². The number of Topliss-reactive ketones (excluding diaryl/α,β-unsaturated/α-hetero) is 1. The molecule has 0 aromatic heterocycles. The molecule has 0 amide bonds. The molecule has 2 aliphatic rings. The van der Waals surface area contributed by atoms with Gasteiger partial charge in [0, 0.05) is 12.0 Å². The van der Waals surface area contributed by atoms with Crippen LogP contribution in [-0.4, -0.2) is 17.0 Å². The fourth-order valence-electron chi connectivity index (χ4n) is 2.59. The lowest BCUT2D eigenvalue weighted by Crippen LogP contribution is -2.26. The van der Waals surface area contributed by atoms with E-state index in [9.17, 15) is 9.90 Å². The van der Waals surface area contributed by atoms with Crippen molar-refractivity contribution in [2.75, 3.05) is 0 Å². The number of allylic oxidation sites excluding steroid dienone is 1. The molecule has 78 valence electrons. The van der Waals surface area contributed by atoms with Gasteiger partial charge >= 0.3 is 0 Å². The summed E-state index contributed by atoms with van der Waals surface area (Å²) in [5, 5.41) is 10.1. The third-order valence-electron chi connectivity index (χ3n) is 3.46. The van der Waals surface area contributed by atoms with E-state index in [1.165, 1.54) is 12.8 Å². The maximum absolute atomic E-state index is 11.6. The highest BCUT2D eigenvalue weighted by Gasteiger charge is 2.29. The topological polar surface area (TPSA) is 37.3 Å². The number of ketones is 1. The molecule has 14 heavy (non-hydrogen) atoms. The van der Waals surface area contributed by atoms with Crippen molar-refractivity contribution >= 4 is 5.78 Å². The summed E-state index contributed by atoms with van der Waals surface area (Å²) >= 11 is 0. The Bertz CT molecular complexity index is 249. The molecule has 0 heterocycles. The van der Waals surface area contributed by atoms with Crippen molar-refractivity contribution in [2.24, 2.45) is 5.92 Å². The molecule has 1 N–H and O–H groups in total. The van der Waals surface area contributed by atoms with E-state index in [1.807, 2.05) is 6.08 Å². The highest BCUT2D eigenvalue weighted by Crippen LogP contribution is 2.32. The van der Waals surface area contributed by atoms with Crippen LogP contribution in [0, 0.1) is 5.92 Å². The Kier molecular flexibility index (Phi) is 3.02. The average Bonchev–Trinajstić information content (AvgIpc) is 2.70. The van der Waals surface area contributed by atoms with Crippen molar-refractivity contribution in [1.29, 1.82) is 0 Å². The standard InChI is InChI=1S/C12H18O2/c13-11-8-4-3-7-10(11)12(14)9-5-1-2-6-9/h7,9,12,14H,1-6,8H2/t12-/m0/s1. The summed E-state index contributed by atoms with van der Waals surface area (Å²) in [5.74, 6) is 0.527. The van der Waals surface area contributed by atoms with Crippen LogP contribution in [0.2, 0.25) is 0 Å². The normalized spacial score (nSPS) is 26.4. The molecule has 1 saturated carbocycles. The van der Waals surface area contributed by atoms with E-state index >= 15 is 0 Å². The fourth-order valence-corrected chi connectivity index (χ4v) is 2.59. The zero-order chi connectivity index (χ0) is 9.97. The number of carbonyl (C=O) groups is 1. The van der Waals surface area contributed by atoms with Crippen LogP contribution in [0.4, 0.5) is 0 Å². The summed E-state index contributed by atoms with van der Waals surface area (Å²) in [6, 6.07) is 0. The first-order valence-corrected chi connectivity index (χ1v) is 5.70. The van der Waals surface area contributed by atoms with Crippen molar-refractivity contribution in [2.45, 2.75) is 51.0 Å². The number of aliphatic hydroxyl groups excluding tert-OH is 1. The summed E-state index contributed by atoms with van der Waals surface area (Å²) in [7, 11) is 0. The fraction of sp³-hybridized carbons (Fsp3) is 0.750. The van der Waals surface area contributed by atoms with E-state index in [0.29, 0.717) is 17.9 Å². The van der Waals surface area contributed by atoms with Gasteiger partial charge in [-0.05, 0) is 31.6 Å². The molecule has 2 rings (SSSR count). The summed E-state index contributed by atoms with van der Waals surface area (Å²) in [4.78, 5) is 11.6. The monoisotopic (exact) mass is 194 g/mol. The lowest BCUT2D eigenvalue weighted by atomic mass is 9.87. The smallest absolute Gasteiger partial charge is 0.161 e. The zero-order valence-corrected chi connectivity index (χ0v) is 8.54. The van der Waals surface area contributed by atoms with Crippen LogP contribution >= 0.6 is 0 Å².